The fourth-order valence-corrected chi connectivity index (χ4v) is 1.93. The zero-order valence-electron chi connectivity index (χ0n) is 12.7. The second-order valence-electron chi connectivity index (χ2n) is 4.58. The second kappa shape index (κ2) is 7.73. The van der Waals surface area contributed by atoms with Gasteiger partial charge in [-0.2, -0.15) is 0 Å². The van der Waals surface area contributed by atoms with Gasteiger partial charge in [0.15, 0.2) is 11.5 Å². The van der Waals surface area contributed by atoms with Crippen LogP contribution in [0.4, 0.5) is 5.69 Å². The Hall–Kier alpha value is -3.42. The maximum absolute atomic E-state index is 12.2. The summed E-state index contributed by atoms with van der Waals surface area (Å²) in [6, 6.07) is 9.83. The number of nitro groups is 1. The molecule has 8 nitrogen and oxygen atoms in total. The van der Waals surface area contributed by atoms with Crippen molar-refractivity contribution in [2.75, 3.05) is 6.61 Å². The van der Waals surface area contributed by atoms with Crippen LogP contribution in [-0.4, -0.2) is 28.9 Å². The smallest absolute Gasteiger partial charge is 0.343 e. The number of nitrogens with zero attached hydrogens (tertiary/aromatic N) is 2. The van der Waals surface area contributed by atoms with E-state index in [2.05, 4.69) is 5.16 Å². The van der Waals surface area contributed by atoms with Crippen LogP contribution in [0, 0.1) is 10.1 Å². The van der Waals surface area contributed by atoms with Crippen molar-refractivity contribution >= 4 is 17.9 Å². The van der Waals surface area contributed by atoms with Crippen molar-refractivity contribution in [2.45, 2.75) is 6.92 Å². The molecule has 0 amide bonds. The van der Waals surface area contributed by atoms with E-state index < -0.39 is 10.9 Å². The Balaban J connectivity index is 2.27. The van der Waals surface area contributed by atoms with Crippen molar-refractivity contribution in [1.29, 1.82) is 0 Å². The van der Waals surface area contributed by atoms with Crippen molar-refractivity contribution < 1.29 is 24.4 Å². The van der Waals surface area contributed by atoms with Crippen molar-refractivity contribution in [3.63, 3.8) is 0 Å². The number of oxime groups is 1. The number of carbonyl (C=O) groups is 1. The number of carbonyl (C=O) groups excluding carboxylic acids is 1. The number of non-ortho nitro benzene ring substituents is 1. The van der Waals surface area contributed by atoms with E-state index >= 15 is 0 Å². The van der Waals surface area contributed by atoms with Crippen LogP contribution in [0.1, 0.15) is 22.8 Å². The molecule has 0 spiro atoms. The van der Waals surface area contributed by atoms with Gasteiger partial charge in [0, 0.05) is 17.7 Å². The van der Waals surface area contributed by atoms with E-state index in [4.69, 9.17) is 14.7 Å². The molecule has 24 heavy (non-hydrogen) atoms. The van der Waals surface area contributed by atoms with Crippen molar-refractivity contribution in [2.24, 2.45) is 5.16 Å². The normalized spacial score (nSPS) is 10.5. The fraction of sp³-hybridized carbons (Fsp3) is 0.125. The summed E-state index contributed by atoms with van der Waals surface area (Å²) < 4.78 is 10.7. The zero-order valence-corrected chi connectivity index (χ0v) is 12.7. The highest BCUT2D eigenvalue weighted by molar-refractivity contribution is 5.92. The van der Waals surface area contributed by atoms with E-state index in [-0.39, 0.29) is 22.7 Å². The van der Waals surface area contributed by atoms with E-state index in [9.17, 15) is 14.9 Å². The van der Waals surface area contributed by atoms with Gasteiger partial charge in [-0.05, 0) is 31.2 Å². The molecule has 2 aromatic carbocycles. The van der Waals surface area contributed by atoms with Crippen LogP contribution in [0.25, 0.3) is 0 Å². The first-order valence-electron chi connectivity index (χ1n) is 6.96. The first kappa shape index (κ1) is 16.9. The van der Waals surface area contributed by atoms with Crippen LogP contribution in [-0.2, 0) is 0 Å². The van der Waals surface area contributed by atoms with E-state index in [0.29, 0.717) is 12.2 Å². The van der Waals surface area contributed by atoms with Crippen LogP contribution >= 0.6 is 0 Å². The minimum absolute atomic E-state index is 0.0487. The van der Waals surface area contributed by atoms with E-state index in [1.807, 2.05) is 0 Å². The molecule has 0 atom stereocenters. The van der Waals surface area contributed by atoms with Crippen LogP contribution in [0.15, 0.2) is 47.6 Å². The van der Waals surface area contributed by atoms with E-state index in [1.54, 1.807) is 19.1 Å². The topological polar surface area (TPSA) is 111 Å². The quantitative estimate of drug-likeness (QED) is 0.218. The van der Waals surface area contributed by atoms with Crippen molar-refractivity contribution in [3.8, 4) is 11.5 Å². The molecule has 0 aliphatic carbocycles. The van der Waals surface area contributed by atoms with Gasteiger partial charge in [-0.25, -0.2) is 4.79 Å². The highest BCUT2D eigenvalue weighted by Crippen LogP contribution is 2.29. The first-order chi connectivity index (χ1) is 11.5. The summed E-state index contributed by atoms with van der Waals surface area (Å²) >= 11 is 0. The Morgan fingerprint density at radius 1 is 1.29 bits per heavy atom. The molecule has 0 aliphatic heterocycles. The van der Waals surface area contributed by atoms with Crippen LogP contribution in [0.2, 0.25) is 0 Å². The van der Waals surface area contributed by atoms with E-state index in [1.165, 1.54) is 30.5 Å². The van der Waals surface area contributed by atoms with Crippen LogP contribution in [0.5, 0.6) is 11.5 Å². The lowest BCUT2D eigenvalue weighted by molar-refractivity contribution is -0.384. The number of benzene rings is 2. The average Bonchev–Trinajstić information content (AvgIpc) is 2.57. The van der Waals surface area contributed by atoms with Gasteiger partial charge in [0.2, 0.25) is 0 Å². The summed E-state index contributed by atoms with van der Waals surface area (Å²) in [4.78, 5) is 22.4. The number of ether oxygens (including phenoxy) is 2. The molecule has 0 saturated carbocycles. The zero-order chi connectivity index (χ0) is 17.5. The molecule has 2 rings (SSSR count). The van der Waals surface area contributed by atoms with Gasteiger partial charge in [0.1, 0.15) is 0 Å². The first-order valence-corrected chi connectivity index (χ1v) is 6.96. The molecule has 0 saturated heterocycles. The Labute approximate surface area is 137 Å². The third-order valence-corrected chi connectivity index (χ3v) is 2.97. The highest BCUT2D eigenvalue weighted by Gasteiger charge is 2.16. The third-order valence-electron chi connectivity index (χ3n) is 2.97. The SMILES string of the molecule is CCOc1cc(/C=N/O)ccc1OC(=O)c1cccc([N+](=O)[O-])c1. The lowest BCUT2D eigenvalue weighted by Crippen LogP contribution is -2.10. The number of hydrogen-bond acceptors (Lipinski definition) is 7. The number of rotatable bonds is 6. The summed E-state index contributed by atoms with van der Waals surface area (Å²) in [7, 11) is 0. The second-order valence-corrected chi connectivity index (χ2v) is 4.58. The van der Waals surface area contributed by atoms with Crippen LogP contribution in [0.3, 0.4) is 0 Å². The summed E-state index contributed by atoms with van der Waals surface area (Å²) in [6.07, 6.45) is 1.20. The van der Waals surface area contributed by atoms with Gasteiger partial charge < -0.3 is 14.7 Å². The number of nitro benzene ring substituents is 1. The molecule has 2 aromatic rings. The summed E-state index contributed by atoms with van der Waals surface area (Å²) in [5, 5.41) is 22.3. The monoisotopic (exact) mass is 330 g/mol. The Morgan fingerprint density at radius 3 is 2.75 bits per heavy atom. The maximum atomic E-state index is 12.2. The molecular weight excluding hydrogens is 316 g/mol. The Kier molecular flexibility index (Phi) is 5.45. The highest BCUT2D eigenvalue weighted by atomic mass is 16.6. The third kappa shape index (κ3) is 4.07. The standard InChI is InChI=1S/C16H14N2O6/c1-2-23-15-8-11(10-17-20)6-7-14(15)24-16(19)12-4-3-5-13(9-12)18(21)22/h3-10,20H,2H2,1H3/b17-10+. The molecule has 1 N–H and O–H groups in total. The van der Waals surface area contributed by atoms with Gasteiger partial charge in [-0.3, -0.25) is 10.1 Å². The van der Waals surface area contributed by atoms with Crippen molar-refractivity contribution in [1.82, 2.24) is 0 Å². The molecule has 0 bridgehead atoms. The van der Waals surface area contributed by atoms with Gasteiger partial charge in [0.05, 0.1) is 23.3 Å². The molecule has 0 unspecified atom stereocenters. The Morgan fingerprint density at radius 2 is 2.08 bits per heavy atom. The minimum Gasteiger partial charge on any atom is -0.490 e. The molecule has 0 fully saturated rings. The van der Waals surface area contributed by atoms with E-state index in [0.717, 1.165) is 6.07 Å². The minimum atomic E-state index is -0.747. The lowest BCUT2D eigenvalue weighted by atomic mass is 10.2. The average molecular weight is 330 g/mol. The Bertz CT molecular complexity index is 788. The molecule has 8 heteroatoms. The summed E-state index contributed by atoms with van der Waals surface area (Å²) in [5.74, 6) is -0.305. The molecule has 0 heterocycles. The molecule has 124 valence electrons. The predicted octanol–water partition coefficient (Wildman–Crippen LogP) is 3.02. The number of esters is 1. The van der Waals surface area contributed by atoms with Gasteiger partial charge >= 0.3 is 5.97 Å². The van der Waals surface area contributed by atoms with Gasteiger partial charge in [-0.15, -0.1) is 0 Å². The molecule has 0 radical (unpaired) electrons. The molecule has 0 aromatic heterocycles. The number of hydrogen-bond donors (Lipinski definition) is 1. The largest absolute Gasteiger partial charge is 0.490 e. The maximum Gasteiger partial charge on any atom is 0.343 e. The molecule has 0 aliphatic rings. The van der Waals surface area contributed by atoms with Gasteiger partial charge in [-0.1, -0.05) is 11.2 Å². The fourth-order valence-electron chi connectivity index (χ4n) is 1.93. The van der Waals surface area contributed by atoms with Crippen molar-refractivity contribution in [3.05, 3.63) is 63.7 Å². The lowest BCUT2D eigenvalue weighted by Gasteiger charge is -2.11. The summed E-state index contributed by atoms with van der Waals surface area (Å²) in [6.45, 7) is 2.10. The molecular formula is C16H14N2O6. The predicted molar refractivity (Wildman–Crippen MR) is 85.0 cm³/mol. The van der Waals surface area contributed by atoms with Crippen LogP contribution < -0.4 is 9.47 Å². The van der Waals surface area contributed by atoms with Gasteiger partial charge in [0.25, 0.3) is 5.69 Å². The summed E-state index contributed by atoms with van der Waals surface area (Å²) in [5.41, 5.74) is 0.396.